The van der Waals surface area contributed by atoms with Crippen molar-refractivity contribution in [3.05, 3.63) is 59.1 Å². The third-order valence-electron chi connectivity index (χ3n) is 5.06. The Kier molecular flexibility index (Phi) is 5.40. The smallest absolute Gasteiger partial charge is 0.266 e. The highest BCUT2D eigenvalue weighted by Gasteiger charge is 2.32. The topological polar surface area (TPSA) is 79.0 Å². The van der Waals surface area contributed by atoms with E-state index in [1.165, 1.54) is 0 Å². The number of rotatable bonds is 3. The Morgan fingerprint density at radius 1 is 1.03 bits per heavy atom. The molecule has 1 N–H and O–H groups in total. The fourth-order valence-corrected chi connectivity index (χ4v) is 3.67. The SMILES string of the molecule is O=C1Nc2ccccc2O[C@@H]1CC(=O)N1CCN(C(=O)c2cccc(Cl)c2)CC1. The highest BCUT2D eigenvalue weighted by Crippen LogP contribution is 2.29. The van der Waals surface area contributed by atoms with E-state index in [0.29, 0.717) is 48.2 Å². The Hall–Kier alpha value is -3.06. The fourth-order valence-electron chi connectivity index (χ4n) is 3.48. The second kappa shape index (κ2) is 8.13. The lowest BCUT2D eigenvalue weighted by atomic mass is 10.1. The van der Waals surface area contributed by atoms with Crippen LogP contribution in [0, 0.1) is 0 Å². The van der Waals surface area contributed by atoms with Gasteiger partial charge in [-0.05, 0) is 30.3 Å². The molecule has 2 aromatic rings. The van der Waals surface area contributed by atoms with E-state index < -0.39 is 6.10 Å². The molecule has 1 fully saturated rings. The van der Waals surface area contributed by atoms with E-state index in [-0.39, 0.29) is 24.1 Å². The molecule has 1 atom stereocenters. The highest BCUT2D eigenvalue weighted by molar-refractivity contribution is 6.30. The molecule has 0 aliphatic carbocycles. The summed E-state index contributed by atoms with van der Waals surface area (Å²) >= 11 is 5.96. The zero-order chi connectivity index (χ0) is 20.4. The summed E-state index contributed by atoms with van der Waals surface area (Å²) in [6, 6.07) is 13.9. The molecule has 0 unspecified atom stereocenters. The van der Waals surface area contributed by atoms with Gasteiger partial charge in [-0.25, -0.2) is 0 Å². The number of benzene rings is 2. The Balaban J connectivity index is 1.32. The molecule has 3 amide bonds. The standard InChI is InChI=1S/C21H20ClN3O4/c22-15-5-3-4-14(12-15)21(28)25-10-8-24(9-11-25)19(26)13-18-20(27)23-16-6-1-2-7-17(16)29-18/h1-7,12,18H,8-11,13H2,(H,23,27)/t18-/m1/s1. The van der Waals surface area contributed by atoms with Crippen LogP contribution in [0.2, 0.25) is 5.02 Å². The van der Waals surface area contributed by atoms with Gasteiger partial charge in [0, 0.05) is 36.8 Å². The number of fused-ring (bicyclic) bond motifs is 1. The maximum atomic E-state index is 12.7. The van der Waals surface area contributed by atoms with Gasteiger partial charge in [0.15, 0.2) is 6.10 Å². The molecule has 2 aromatic carbocycles. The van der Waals surface area contributed by atoms with Gasteiger partial charge in [0.05, 0.1) is 12.1 Å². The first kappa shape index (κ1) is 19.3. The van der Waals surface area contributed by atoms with Crippen LogP contribution in [0.15, 0.2) is 48.5 Å². The molecule has 1 saturated heterocycles. The number of nitrogens with zero attached hydrogens (tertiary/aromatic N) is 2. The van der Waals surface area contributed by atoms with Crippen LogP contribution in [0.1, 0.15) is 16.8 Å². The number of halogens is 1. The van der Waals surface area contributed by atoms with Crippen LogP contribution >= 0.6 is 11.6 Å². The van der Waals surface area contributed by atoms with Crippen LogP contribution in [-0.2, 0) is 9.59 Å². The number of ether oxygens (including phenoxy) is 1. The molecule has 0 aromatic heterocycles. The number of hydrogen-bond acceptors (Lipinski definition) is 4. The number of nitrogens with one attached hydrogen (secondary N) is 1. The van der Waals surface area contributed by atoms with Gasteiger partial charge in [-0.3, -0.25) is 14.4 Å². The van der Waals surface area contributed by atoms with Crippen molar-refractivity contribution in [3.63, 3.8) is 0 Å². The fraction of sp³-hybridized carbons (Fsp3) is 0.286. The Labute approximate surface area is 173 Å². The lowest BCUT2D eigenvalue weighted by Gasteiger charge is -2.35. The minimum atomic E-state index is -0.858. The highest BCUT2D eigenvalue weighted by atomic mass is 35.5. The molecule has 2 heterocycles. The van der Waals surface area contributed by atoms with E-state index in [9.17, 15) is 14.4 Å². The molecule has 2 aliphatic rings. The minimum absolute atomic E-state index is 0.0393. The predicted molar refractivity (Wildman–Crippen MR) is 108 cm³/mol. The van der Waals surface area contributed by atoms with Gasteiger partial charge in [-0.1, -0.05) is 29.8 Å². The zero-order valence-corrected chi connectivity index (χ0v) is 16.4. The number of carbonyl (C=O) groups is 3. The third kappa shape index (κ3) is 4.19. The molecule has 150 valence electrons. The summed E-state index contributed by atoms with van der Waals surface area (Å²) in [4.78, 5) is 40.9. The molecule has 29 heavy (non-hydrogen) atoms. The molecule has 4 rings (SSSR count). The van der Waals surface area contributed by atoms with Gasteiger partial charge in [0.1, 0.15) is 5.75 Å². The number of anilines is 1. The molecular weight excluding hydrogens is 394 g/mol. The van der Waals surface area contributed by atoms with Crippen molar-refractivity contribution in [1.82, 2.24) is 9.80 Å². The maximum absolute atomic E-state index is 12.7. The first-order chi connectivity index (χ1) is 14.0. The average molecular weight is 414 g/mol. The van der Waals surface area contributed by atoms with Gasteiger partial charge >= 0.3 is 0 Å². The molecular formula is C21H20ClN3O4. The van der Waals surface area contributed by atoms with Crippen molar-refractivity contribution in [2.75, 3.05) is 31.5 Å². The van der Waals surface area contributed by atoms with Gasteiger partial charge in [-0.15, -0.1) is 0 Å². The number of amides is 3. The van der Waals surface area contributed by atoms with Crippen LogP contribution in [-0.4, -0.2) is 59.8 Å². The third-order valence-corrected chi connectivity index (χ3v) is 5.29. The zero-order valence-electron chi connectivity index (χ0n) is 15.6. The number of para-hydroxylation sites is 2. The van der Waals surface area contributed by atoms with Crippen molar-refractivity contribution in [1.29, 1.82) is 0 Å². The molecule has 8 heteroatoms. The number of hydrogen-bond donors (Lipinski definition) is 1. The summed E-state index contributed by atoms with van der Waals surface area (Å²) in [6.07, 6.45) is -0.897. The van der Waals surface area contributed by atoms with Crippen LogP contribution in [0.25, 0.3) is 0 Å². The minimum Gasteiger partial charge on any atom is -0.478 e. The van der Waals surface area contributed by atoms with Crippen molar-refractivity contribution < 1.29 is 19.1 Å². The van der Waals surface area contributed by atoms with Crippen molar-refractivity contribution in [2.45, 2.75) is 12.5 Å². The lowest BCUT2D eigenvalue weighted by molar-refractivity contribution is -0.138. The van der Waals surface area contributed by atoms with Gasteiger partial charge in [-0.2, -0.15) is 0 Å². The molecule has 0 spiro atoms. The van der Waals surface area contributed by atoms with E-state index in [1.54, 1.807) is 52.3 Å². The molecule has 0 radical (unpaired) electrons. The largest absolute Gasteiger partial charge is 0.478 e. The lowest BCUT2D eigenvalue weighted by Crippen LogP contribution is -2.52. The summed E-state index contributed by atoms with van der Waals surface area (Å²) in [5, 5.41) is 3.28. The van der Waals surface area contributed by atoms with Crippen LogP contribution in [0.5, 0.6) is 5.75 Å². The summed E-state index contributed by atoms with van der Waals surface area (Å²) in [6.45, 7) is 1.68. The van der Waals surface area contributed by atoms with Crippen LogP contribution in [0.3, 0.4) is 0 Å². The van der Waals surface area contributed by atoms with Crippen molar-refractivity contribution in [2.24, 2.45) is 0 Å². The van der Waals surface area contributed by atoms with Gasteiger partial charge in [0.2, 0.25) is 5.91 Å². The van der Waals surface area contributed by atoms with E-state index in [0.717, 1.165) is 0 Å². The molecule has 2 aliphatic heterocycles. The van der Waals surface area contributed by atoms with Crippen molar-refractivity contribution in [3.8, 4) is 5.75 Å². The number of piperazine rings is 1. The van der Waals surface area contributed by atoms with Gasteiger partial charge in [0.25, 0.3) is 11.8 Å². The maximum Gasteiger partial charge on any atom is 0.266 e. The summed E-state index contributed by atoms with van der Waals surface area (Å²) < 4.78 is 5.70. The van der Waals surface area contributed by atoms with Gasteiger partial charge < -0.3 is 19.9 Å². The Morgan fingerprint density at radius 3 is 2.52 bits per heavy atom. The van der Waals surface area contributed by atoms with E-state index in [2.05, 4.69) is 5.32 Å². The first-order valence-electron chi connectivity index (χ1n) is 9.40. The molecule has 0 bridgehead atoms. The molecule has 0 saturated carbocycles. The number of carbonyl (C=O) groups excluding carboxylic acids is 3. The van der Waals surface area contributed by atoms with Crippen LogP contribution < -0.4 is 10.1 Å². The Bertz CT molecular complexity index is 956. The summed E-state index contributed by atoms with van der Waals surface area (Å²) in [5.41, 5.74) is 1.14. The first-order valence-corrected chi connectivity index (χ1v) is 9.78. The normalized spacial score (nSPS) is 18.5. The molecule has 7 nitrogen and oxygen atoms in total. The average Bonchev–Trinajstić information content (AvgIpc) is 2.74. The van der Waals surface area contributed by atoms with Crippen LogP contribution in [0.4, 0.5) is 5.69 Å². The monoisotopic (exact) mass is 413 g/mol. The second-order valence-electron chi connectivity index (χ2n) is 6.98. The summed E-state index contributed by atoms with van der Waals surface area (Å²) in [5.74, 6) is -0.0424. The van der Waals surface area contributed by atoms with E-state index in [4.69, 9.17) is 16.3 Å². The van der Waals surface area contributed by atoms with Crippen molar-refractivity contribution >= 4 is 35.0 Å². The Morgan fingerprint density at radius 2 is 1.76 bits per heavy atom. The second-order valence-corrected chi connectivity index (χ2v) is 7.42. The predicted octanol–water partition coefficient (Wildman–Crippen LogP) is 2.41. The van der Waals surface area contributed by atoms with E-state index >= 15 is 0 Å². The summed E-state index contributed by atoms with van der Waals surface area (Å²) in [7, 11) is 0. The van der Waals surface area contributed by atoms with E-state index in [1.807, 2.05) is 6.07 Å². The quantitative estimate of drug-likeness (QED) is 0.838.